The maximum absolute atomic E-state index is 11.0. The first kappa shape index (κ1) is 25.7. The van der Waals surface area contributed by atoms with Gasteiger partial charge in [-0.1, -0.05) is 42.5 Å². The predicted octanol–water partition coefficient (Wildman–Crippen LogP) is 7.84. The summed E-state index contributed by atoms with van der Waals surface area (Å²) in [4.78, 5) is 11.0. The van der Waals surface area contributed by atoms with Crippen LogP contribution in [0.4, 0.5) is 0 Å². The molecule has 0 amide bonds. The fourth-order valence-corrected chi connectivity index (χ4v) is 5.33. The van der Waals surface area contributed by atoms with Gasteiger partial charge in [0, 0.05) is 12.3 Å². The Bertz CT molecular complexity index is 1410. The minimum absolute atomic E-state index is 0.198. The van der Waals surface area contributed by atoms with Crippen molar-refractivity contribution in [3.05, 3.63) is 90.0 Å². The van der Waals surface area contributed by atoms with E-state index in [-0.39, 0.29) is 12.3 Å². The highest BCUT2D eigenvalue weighted by molar-refractivity contribution is 5.85. The molecule has 196 valence electrons. The summed E-state index contributed by atoms with van der Waals surface area (Å²) in [6.07, 6.45) is 4.64. The van der Waals surface area contributed by atoms with Crippen molar-refractivity contribution in [2.75, 3.05) is 20.3 Å². The van der Waals surface area contributed by atoms with Crippen LogP contribution in [0.5, 0.6) is 17.2 Å². The van der Waals surface area contributed by atoms with Gasteiger partial charge in [-0.05, 0) is 102 Å². The molecule has 1 aliphatic rings. The maximum Gasteiger partial charge on any atom is 0.303 e. The van der Waals surface area contributed by atoms with Gasteiger partial charge in [0.25, 0.3) is 0 Å². The fraction of sp³-hybridized carbons (Fsp3) is 0.303. The Morgan fingerprint density at radius 1 is 0.711 bits per heavy atom. The monoisotopic (exact) mass is 510 g/mol. The third-order valence-electron chi connectivity index (χ3n) is 7.25. The molecule has 0 saturated carbocycles. The summed E-state index contributed by atoms with van der Waals surface area (Å²) in [6, 6.07) is 27.0. The predicted molar refractivity (Wildman–Crippen MR) is 151 cm³/mol. The Morgan fingerprint density at radius 3 is 2.08 bits per heavy atom. The number of rotatable bonds is 13. The number of carboxylic acid groups (broad SMARTS) is 1. The summed E-state index contributed by atoms with van der Waals surface area (Å²) in [7, 11) is 1.68. The van der Waals surface area contributed by atoms with E-state index in [1.807, 2.05) is 30.3 Å². The number of carboxylic acids is 1. The Morgan fingerprint density at radius 2 is 1.34 bits per heavy atom. The van der Waals surface area contributed by atoms with Gasteiger partial charge in [-0.3, -0.25) is 4.79 Å². The van der Waals surface area contributed by atoms with Crippen LogP contribution in [0.3, 0.4) is 0 Å². The second-order valence-corrected chi connectivity index (χ2v) is 9.81. The second-order valence-electron chi connectivity index (χ2n) is 9.81. The smallest absolute Gasteiger partial charge is 0.303 e. The minimum Gasteiger partial charge on any atom is -0.497 e. The van der Waals surface area contributed by atoms with Crippen molar-refractivity contribution in [1.29, 1.82) is 0 Å². The van der Waals surface area contributed by atoms with Crippen molar-refractivity contribution in [2.45, 2.75) is 44.4 Å². The van der Waals surface area contributed by atoms with Crippen LogP contribution in [0.1, 0.15) is 55.6 Å². The molecular weight excluding hydrogens is 476 g/mol. The van der Waals surface area contributed by atoms with E-state index in [0.29, 0.717) is 19.6 Å². The number of ether oxygens (including phenoxy) is 3. The number of fused-ring (bicyclic) bond motifs is 4. The second kappa shape index (κ2) is 12.0. The standard InChI is InChI=1S/C33H34O5/c1-36-25-14-12-24-21-26(15-13-23(24)20-25)37-18-5-2-6-19-38-27-16-17-31-29-9-4-3-8-28(29)30(32(31)22-27)10-7-11-33(34)35/h3-4,8-9,12-17,20-22,30H,2,5-7,10-11,18-19H2,1H3,(H,34,35). The average Bonchev–Trinajstić information content (AvgIpc) is 3.25. The van der Waals surface area contributed by atoms with E-state index in [2.05, 4.69) is 48.5 Å². The molecule has 1 atom stereocenters. The van der Waals surface area contributed by atoms with Gasteiger partial charge >= 0.3 is 5.97 Å². The SMILES string of the molecule is COc1ccc2cc(OCCCCCOc3ccc4c(c3)C(CCCC(=O)O)c3ccccc3-4)ccc2c1. The molecule has 5 rings (SSSR count). The van der Waals surface area contributed by atoms with Gasteiger partial charge in [0.1, 0.15) is 17.2 Å². The molecule has 1 aliphatic carbocycles. The van der Waals surface area contributed by atoms with Crippen molar-refractivity contribution in [1.82, 2.24) is 0 Å². The quantitative estimate of drug-likeness (QED) is 0.186. The highest BCUT2D eigenvalue weighted by atomic mass is 16.5. The molecule has 0 heterocycles. The zero-order valence-corrected chi connectivity index (χ0v) is 21.8. The lowest BCUT2D eigenvalue weighted by Gasteiger charge is -2.14. The zero-order chi connectivity index (χ0) is 26.3. The summed E-state index contributed by atoms with van der Waals surface area (Å²) in [5.41, 5.74) is 5.02. The van der Waals surface area contributed by atoms with Gasteiger partial charge in [-0.2, -0.15) is 0 Å². The van der Waals surface area contributed by atoms with E-state index in [4.69, 9.17) is 19.3 Å². The Labute approximate surface area is 224 Å². The van der Waals surface area contributed by atoms with E-state index < -0.39 is 5.97 Å². The molecule has 38 heavy (non-hydrogen) atoms. The van der Waals surface area contributed by atoms with Crippen LogP contribution in [0.15, 0.2) is 78.9 Å². The number of hydrogen-bond acceptors (Lipinski definition) is 4. The molecular formula is C33H34O5. The zero-order valence-electron chi connectivity index (χ0n) is 21.8. The molecule has 5 nitrogen and oxygen atoms in total. The van der Waals surface area contributed by atoms with Crippen LogP contribution < -0.4 is 14.2 Å². The van der Waals surface area contributed by atoms with Gasteiger partial charge in [0.15, 0.2) is 0 Å². The molecule has 1 unspecified atom stereocenters. The van der Waals surface area contributed by atoms with Crippen molar-refractivity contribution in [3.63, 3.8) is 0 Å². The number of methoxy groups -OCH3 is 1. The van der Waals surface area contributed by atoms with Crippen molar-refractivity contribution in [3.8, 4) is 28.4 Å². The lowest BCUT2D eigenvalue weighted by atomic mass is 9.91. The van der Waals surface area contributed by atoms with Crippen molar-refractivity contribution < 1.29 is 24.1 Å². The normalized spacial score (nSPS) is 13.7. The Balaban J connectivity index is 1.09. The lowest BCUT2D eigenvalue weighted by Crippen LogP contribution is -2.02. The van der Waals surface area contributed by atoms with Gasteiger partial charge in [0.05, 0.1) is 20.3 Å². The van der Waals surface area contributed by atoms with Gasteiger partial charge in [0.2, 0.25) is 0 Å². The molecule has 0 aromatic heterocycles. The van der Waals surface area contributed by atoms with E-state index in [1.165, 1.54) is 22.3 Å². The molecule has 0 bridgehead atoms. The summed E-state index contributed by atoms with van der Waals surface area (Å²) < 4.78 is 17.4. The van der Waals surface area contributed by atoms with Crippen molar-refractivity contribution >= 4 is 16.7 Å². The fourth-order valence-electron chi connectivity index (χ4n) is 5.33. The molecule has 0 saturated heterocycles. The van der Waals surface area contributed by atoms with Crippen LogP contribution >= 0.6 is 0 Å². The molecule has 0 spiro atoms. The highest BCUT2D eigenvalue weighted by Gasteiger charge is 2.28. The number of hydrogen-bond donors (Lipinski definition) is 1. The molecule has 0 radical (unpaired) electrons. The molecule has 0 fully saturated rings. The number of aliphatic carboxylic acids is 1. The summed E-state index contributed by atoms with van der Waals surface area (Å²) >= 11 is 0. The first-order chi connectivity index (χ1) is 18.6. The molecule has 5 heteroatoms. The third kappa shape index (κ3) is 5.94. The van der Waals surface area contributed by atoms with Crippen molar-refractivity contribution in [2.24, 2.45) is 0 Å². The van der Waals surface area contributed by atoms with E-state index in [9.17, 15) is 4.79 Å². The third-order valence-corrected chi connectivity index (χ3v) is 7.25. The van der Waals surface area contributed by atoms with Crippen LogP contribution in [-0.2, 0) is 4.79 Å². The number of carbonyl (C=O) groups is 1. The average molecular weight is 511 g/mol. The van der Waals surface area contributed by atoms with Crippen LogP contribution in [0, 0.1) is 0 Å². The summed E-state index contributed by atoms with van der Waals surface area (Å²) in [6.45, 7) is 1.34. The maximum atomic E-state index is 11.0. The lowest BCUT2D eigenvalue weighted by molar-refractivity contribution is -0.137. The van der Waals surface area contributed by atoms with E-state index in [1.54, 1.807) is 7.11 Å². The summed E-state index contributed by atoms with van der Waals surface area (Å²) in [5, 5.41) is 11.3. The van der Waals surface area contributed by atoms with Crippen LogP contribution in [-0.4, -0.2) is 31.4 Å². The van der Waals surface area contributed by atoms with Gasteiger partial charge in [-0.15, -0.1) is 0 Å². The van der Waals surface area contributed by atoms with Crippen LogP contribution in [0.25, 0.3) is 21.9 Å². The van der Waals surface area contributed by atoms with Gasteiger partial charge in [-0.25, -0.2) is 0 Å². The van der Waals surface area contributed by atoms with E-state index >= 15 is 0 Å². The molecule has 4 aromatic carbocycles. The largest absolute Gasteiger partial charge is 0.497 e. The number of benzene rings is 4. The minimum atomic E-state index is -0.739. The Kier molecular flexibility index (Phi) is 8.12. The van der Waals surface area contributed by atoms with E-state index in [0.717, 1.165) is 53.7 Å². The molecule has 4 aromatic rings. The molecule has 1 N–H and O–H groups in total. The summed E-state index contributed by atoms with van der Waals surface area (Å²) in [5.74, 6) is 2.10. The highest BCUT2D eigenvalue weighted by Crippen LogP contribution is 2.48. The number of unbranched alkanes of at least 4 members (excludes halogenated alkanes) is 2. The van der Waals surface area contributed by atoms with Crippen LogP contribution in [0.2, 0.25) is 0 Å². The first-order valence-corrected chi connectivity index (χ1v) is 13.4. The van der Waals surface area contributed by atoms with Gasteiger partial charge < -0.3 is 19.3 Å². The molecule has 0 aliphatic heterocycles. The first-order valence-electron chi connectivity index (χ1n) is 13.4. The topological polar surface area (TPSA) is 65.0 Å². The Hall–Kier alpha value is -3.99.